The SMILES string of the molecule is CC(Cc1ccc(-c2cccc(Nc3ccccc3)c2-c2cccc3ccccc23)cc1)C(C)c1ccccc1. The molecular weight excluding hydrogens is 482 g/mol. The predicted molar refractivity (Wildman–Crippen MR) is 172 cm³/mol. The van der Waals surface area contributed by atoms with Gasteiger partial charge in [-0.2, -0.15) is 0 Å². The number of nitrogens with one attached hydrogen (secondary N) is 1. The van der Waals surface area contributed by atoms with Crippen molar-refractivity contribution < 1.29 is 0 Å². The third-order valence-corrected chi connectivity index (χ3v) is 8.18. The van der Waals surface area contributed by atoms with Crippen LogP contribution in [0.5, 0.6) is 0 Å². The van der Waals surface area contributed by atoms with Gasteiger partial charge >= 0.3 is 0 Å². The summed E-state index contributed by atoms with van der Waals surface area (Å²) in [5.41, 5.74) is 9.90. The summed E-state index contributed by atoms with van der Waals surface area (Å²) in [4.78, 5) is 0. The average Bonchev–Trinajstić information content (AvgIpc) is 3.02. The summed E-state index contributed by atoms with van der Waals surface area (Å²) in [6, 6.07) is 52.4. The minimum absolute atomic E-state index is 0.514. The Morgan fingerprint density at radius 2 is 1.18 bits per heavy atom. The van der Waals surface area contributed by atoms with E-state index in [1.54, 1.807) is 0 Å². The molecule has 0 bridgehead atoms. The lowest BCUT2D eigenvalue weighted by Gasteiger charge is -2.21. The van der Waals surface area contributed by atoms with Crippen molar-refractivity contribution >= 4 is 22.1 Å². The molecule has 0 fully saturated rings. The van der Waals surface area contributed by atoms with Crippen molar-refractivity contribution in [1.29, 1.82) is 0 Å². The molecule has 1 nitrogen and oxygen atoms in total. The Labute approximate surface area is 238 Å². The molecule has 0 aliphatic rings. The van der Waals surface area contributed by atoms with E-state index in [0.717, 1.165) is 17.8 Å². The summed E-state index contributed by atoms with van der Waals surface area (Å²) < 4.78 is 0. The second kappa shape index (κ2) is 11.6. The fourth-order valence-corrected chi connectivity index (χ4v) is 5.76. The zero-order valence-corrected chi connectivity index (χ0v) is 23.2. The van der Waals surface area contributed by atoms with E-state index in [1.165, 1.54) is 44.2 Å². The van der Waals surface area contributed by atoms with Gasteiger partial charge in [0.15, 0.2) is 0 Å². The summed E-state index contributed by atoms with van der Waals surface area (Å²) in [6.45, 7) is 4.71. The Balaban J connectivity index is 1.38. The largest absolute Gasteiger partial charge is 0.355 e. The number of para-hydroxylation sites is 1. The van der Waals surface area contributed by atoms with Gasteiger partial charge in [0.25, 0.3) is 0 Å². The van der Waals surface area contributed by atoms with E-state index in [9.17, 15) is 0 Å². The summed E-state index contributed by atoms with van der Waals surface area (Å²) in [5, 5.41) is 6.22. The van der Waals surface area contributed by atoms with Crippen molar-refractivity contribution in [3.05, 3.63) is 157 Å². The van der Waals surface area contributed by atoms with E-state index in [4.69, 9.17) is 0 Å². The molecule has 1 heteroatoms. The number of benzene rings is 6. The highest BCUT2D eigenvalue weighted by Gasteiger charge is 2.17. The quantitative estimate of drug-likeness (QED) is 0.212. The van der Waals surface area contributed by atoms with Crippen molar-refractivity contribution in [3.63, 3.8) is 0 Å². The molecular formula is C39H35N. The van der Waals surface area contributed by atoms with Crippen LogP contribution in [0.1, 0.15) is 30.9 Å². The van der Waals surface area contributed by atoms with Crippen molar-refractivity contribution in [2.45, 2.75) is 26.2 Å². The van der Waals surface area contributed by atoms with Crippen LogP contribution >= 0.6 is 0 Å². The lowest BCUT2D eigenvalue weighted by Crippen LogP contribution is -2.09. The molecule has 40 heavy (non-hydrogen) atoms. The van der Waals surface area contributed by atoms with Gasteiger partial charge in [-0.15, -0.1) is 0 Å². The topological polar surface area (TPSA) is 12.0 Å². The molecule has 6 aromatic carbocycles. The highest BCUT2D eigenvalue weighted by molar-refractivity contribution is 6.04. The van der Waals surface area contributed by atoms with Crippen molar-refractivity contribution in [3.8, 4) is 22.3 Å². The molecule has 0 heterocycles. The smallest absolute Gasteiger partial charge is 0.0470 e. The van der Waals surface area contributed by atoms with Crippen LogP contribution in [0.2, 0.25) is 0 Å². The Morgan fingerprint density at radius 3 is 1.95 bits per heavy atom. The summed E-state index contributed by atoms with van der Waals surface area (Å²) in [6.07, 6.45) is 1.06. The predicted octanol–water partition coefficient (Wildman–Crippen LogP) is 10.9. The maximum atomic E-state index is 3.71. The van der Waals surface area contributed by atoms with Gasteiger partial charge in [0.05, 0.1) is 0 Å². The molecule has 0 radical (unpaired) electrons. The van der Waals surface area contributed by atoms with E-state index in [0.29, 0.717) is 11.8 Å². The normalized spacial score (nSPS) is 12.7. The highest BCUT2D eigenvalue weighted by Crippen LogP contribution is 2.42. The van der Waals surface area contributed by atoms with Crippen molar-refractivity contribution in [2.75, 3.05) is 5.32 Å². The lowest BCUT2D eigenvalue weighted by atomic mass is 9.84. The summed E-state index contributed by atoms with van der Waals surface area (Å²) in [7, 11) is 0. The number of anilines is 2. The average molecular weight is 518 g/mol. The molecule has 2 atom stereocenters. The molecule has 0 saturated heterocycles. The van der Waals surface area contributed by atoms with Gasteiger partial charge in [0, 0.05) is 16.9 Å². The van der Waals surface area contributed by atoms with Crippen molar-refractivity contribution in [1.82, 2.24) is 0 Å². The van der Waals surface area contributed by atoms with Crippen LogP contribution in [0.15, 0.2) is 146 Å². The maximum Gasteiger partial charge on any atom is 0.0470 e. The minimum atomic E-state index is 0.514. The van der Waals surface area contributed by atoms with Crippen LogP contribution in [0.25, 0.3) is 33.0 Å². The van der Waals surface area contributed by atoms with Crippen LogP contribution in [0, 0.1) is 5.92 Å². The number of rotatable bonds is 8. The molecule has 196 valence electrons. The van der Waals surface area contributed by atoms with Crippen LogP contribution in [-0.2, 0) is 6.42 Å². The van der Waals surface area contributed by atoms with Crippen LogP contribution in [0.4, 0.5) is 11.4 Å². The van der Waals surface area contributed by atoms with Crippen LogP contribution in [0.3, 0.4) is 0 Å². The van der Waals surface area contributed by atoms with Gasteiger partial charge in [0.2, 0.25) is 0 Å². The van der Waals surface area contributed by atoms with E-state index in [1.807, 2.05) is 0 Å². The first-order valence-corrected chi connectivity index (χ1v) is 14.2. The first kappa shape index (κ1) is 25.6. The molecule has 0 aliphatic heterocycles. The first-order valence-electron chi connectivity index (χ1n) is 14.2. The van der Waals surface area contributed by atoms with Gasteiger partial charge in [-0.3, -0.25) is 0 Å². The Kier molecular flexibility index (Phi) is 7.46. The first-order chi connectivity index (χ1) is 19.7. The monoisotopic (exact) mass is 517 g/mol. The fraction of sp³-hybridized carbons (Fsp3) is 0.128. The molecule has 2 unspecified atom stereocenters. The van der Waals surface area contributed by atoms with E-state index in [-0.39, 0.29) is 0 Å². The molecule has 6 rings (SSSR count). The van der Waals surface area contributed by atoms with Gasteiger partial charge in [-0.25, -0.2) is 0 Å². The van der Waals surface area contributed by atoms with Gasteiger partial charge in [0.1, 0.15) is 0 Å². The summed E-state index contributed by atoms with van der Waals surface area (Å²) in [5.74, 6) is 1.07. The molecule has 0 saturated carbocycles. The Hall–Kier alpha value is -4.62. The minimum Gasteiger partial charge on any atom is -0.355 e. The van der Waals surface area contributed by atoms with Crippen molar-refractivity contribution in [2.24, 2.45) is 5.92 Å². The molecule has 0 aromatic heterocycles. The van der Waals surface area contributed by atoms with Crippen LogP contribution in [-0.4, -0.2) is 0 Å². The lowest BCUT2D eigenvalue weighted by molar-refractivity contribution is 0.485. The van der Waals surface area contributed by atoms with E-state index >= 15 is 0 Å². The molecule has 1 N–H and O–H groups in total. The molecule has 0 aliphatic carbocycles. The van der Waals surface area contributed by atoms with Gasteiger partial charge in [-0.05, 0) is 75.0 Å². The molecule has 0 spiro atoms. The zero-order chi connectivity index (χ0) is 27.3. The Bertz CT molecular complexity index is 1700. The number of hydrogen-bond acceptors (Lipinski definition) is 1. The fourth-order valence-electron chi connectivity index (χ4n) is 5.76. The third kappa shape index (κ3) is 5.42. The zero-order valence-electron chi connectivity index (χ0n) is 23.2. The highest BCUT2D eigenvalue weighted by atomic mass is 14.9. The maximum absolute atomic E-state index is 3.71. The third-order valence-electron chi connectivity index (χ3n) is 8.18. The van der Waals surface area contributed by atoms with Gasteiger partial charge in [-0.1, -0.05) is 141 Å². The number of fused-ring (bicyclic) bond motifs is 1. The number of hydrogen-bond donors (Lipinski definition) is 1. The van der Waals surface area contributed by atoms with E-state index in [2.05, 4.69) is 165 Å². The summed E-state index contributed by atoms with van der Waals surface area (Å²) >= 11 is 0. The molecule has 6 aromatic rings. The van der Waals surface area contributed by atoms with Crippen LogP contribution < -0.4 is 5.32 Å². The second-order valence-electron chi connectivity index (χ2n) is 10.8. The molecule has 0 amide bonds. The van der Waals surface area contributed by atoms with Gasteiger partial charge < -0.3 is 5.32 Å². The van der Waals surface area contributed by atoms with E-state index < -0.39 is 0 Å². The standard InChI is InChI=1S/C39H35N/c1-28(29(2)31-13-5-3-6-14-31)27-30-23-25-33(26-24-30)36-20-12-22-38(40-34-17-7-4-8-18-34)39(36)37-21-11-16-32-15-9-10-19-35(32)37/h3-26,28-29,40H,27H2,1-2H3. The Morgan fingerprint density at radius 1 is 0.550 bits per heavy atom. The second-order valence-corrected chi connectivity index (χ2v) is 10.8.